The second-order valence-corrected chi connectivity index (χ2v) is 4.15. The summed E-state index contributed by atoms with van der Waals surface area (Å²) in [5.74, 6) is 0.706. The Labute approximate surface area is 88.8 Å². The molecule has 1 heterocycles. The fourth-order valence-electron chi connectivity index (χ4n) is 1.72. The van der Waals surface area contributed by atoms with Crippen LogP contribution >= 0.6 is 0 Å². The topological polar surface area (TPSA) is 79.4 Å². The van der Waals surface area contributed by atoms with Gasteiger partial charge in [-0.1, -0.05) is 6.07 Å². The quantitative estimate of drug-likeness (QED) is 0.666. The van der Waals surface area contributed by atoms with Gasteiger partial charge in [-0.25, -0.2) is 4.98 Å². The van der Waals surface area contributed by atoms with Gasteiger partial charge in [0.1, 0.15) is 5.82 Å². The first-order valence-corrected chi connectivity index (χ1v) is 5.24. The molecule has 2 unspecified atom stereocenters. The molecule has 0 saturated heterocycles. The Hall–Kier alpha value is -1.13. The van der Waals surface area contributed by atoms with Crippen molar-refractivity contribution < 1.29 is 10.2 Å². The van der Waals surface area contributed by atoms with E-state index in [4.69, 9.17) is 5.73 Å². The van der Waals surface area contributed by atoms with Gasteiger partial charge in [-0.2, -0.15) is 0 Å². The van der Waals surface area contributed by atoms with Gasteiger partial charge < -0.3 is 15.9 Å². The largest absolute Gasteiger partial charge is 0.390 e. The smallest absolute Gasteiger partial charge is 0.126 e. The maximum absolute atomic E-state index is 9.77. The molecule has 1 aliphatic rings. The highest BCUT2D eigenvalue weighted by molar-refractivity contribution is 5.38. The molecule has 1 aliphatic carbocycles. The number of hydrogen-bond donors (Lipinski definition) is 3. The van der Waals surface area contributed by atoms with Crippen LogP contribution in [0.5, 0.6) is 0 Å². The molecule has 1 aromatic rings. The van der Waals surface area contributed by atoms with Gasteiger partial charge in [0, 0.05) is 12.6 Å². The van der Waals surface area contributed by atoms with Crippen LogP contribution in [-0.2, 0) is 6.42 Å². The zero-order valence-electron chi connectivity index (χ0n) is 8.50. The molecule has 4 heteroatoms. The number of pyridine rings is 1. The Morgan fingerprint density at radius 1 is 1.47 bits per heavy atom. The molecule has 82 valence electrons. The lowest BCUT2D eigenvalue weighted by Crippen LogP contribution is -2.30. The van der Waals surface area contributed by atoms with Crippen LogP contribution in [0.2, 0.25) is 0 Å². The number of nitrogens with two attached hydrogens (primary N) is 1. The van der Waals surface area contributed by atoms with E-state index in [9.17, 15) is 10.2 Å². The number of aliphatic hydroxyl groups is 2. The van der Waals surface area contributed by atoms with Gasteiger partial charge in [0.15, 0.2) is 0 Å². The number of aliphatic hydroxyl groups excluding tert-OH is 2. The molecule has 0 amide bonds. The van der Waals surface area contributed by atoms with Crippen LogP contribution in [0.4, 0.5) is 5.82 Å². The molecule has 15 heavy (non-hydrogen) atoms. The zero-order valence-corrected chi connectivity index (χ0v) is 8.50. The third-order valence-electron chi connectivity index (χ3n) is 2.85. The lowest BCUT2D eigenvalue weighted by molar-refractivity contribution is 0.00679. The summed E-state index contributed by atoms with van der Waals surface area (Å²) in [5.41, 5.74) is 6.45. The second-order valence-electron chi connectivity index (χ2n) is 4.15. The molecule has 1 aromatic heterocycles. The molecule has 4 nitrogen and oxygen atoms in total. The Kier molecular flexibility index (Phi) is 2.88. The van der Waals surface area contributed by atoms with E-state index in [0.717, 1.165) is 18.4 Å². The van der Waals surface area contributed by atoms with Gasteiger partial charge in [-0.15, -0.1) is 0 Å². The molecule has 2 atom stereocenters. The number of nitrogens with zero attached hydrogens (tertiary/aromatic N) is 1. The lowest BCUT2D eigenvalue weighted by atomic mass is 10.0. The van der Waals surface area contributed by atoms with Crippen molar-refractivity contribution in [2.75, 3.05) is 5.73 Å². The minimum atomic E-state index is -0.732. The van der Waals surface area contributed by atoms with Crippen molar-refractivity contribution >= 4 is 5.82 Å². The van der Waals surface area contributed by atoms with E-state index in [0.29, 0.717) is 12.2 Å². The van der Waals surface area contributed by atoms with Gasteiger partial charge in [0.05, 0.1) is 12.2 Å². The SMILES string of the molecule is Nc1ncccc1CC(O)C(O)C1CC1. The molecular formula is C11H16N2O2. The summed E-state index contributed by atoms with van der Waals surface area (Å²) in [6, 6.07) is 3.60. The fourth-order valence-corrected chi connectivity index (χ4v) is 1.72. The van der Waals surface area contributed by atoms with Crippen LogP contribution < -0.4 is 5.73 Å². The van der Waals surface area contributed by atoms with Crippen LogP contribution in [0.1, 0.15) is 18.4 Å². The van der Waals surface area contributed by atoms with Gasteiger partial charge in [-0.3, -0.25) is 0 Å². The van der Waals surface area contributed by atoms with Crippen LogP contribution in [0, 0.1) is 5.92 Å². The van der Waals surface area contributed by atoms with Crippen molar-refractivity contribution in [3.8, 4) is 0 Å². The van der Waals surface area contributed by atoms with Crippen molar-refractivity contribution in [2.45, 2.75) is 31.5 Å². The molecule has 1 saturated carbocycles. The van der Waals surface area contributed by atoms with E-state index in [1.165, 1.54) is 0 Å². The molecular weight excluding hydrogens is 192 g/mol. The fraction of sp³-hybridized carbons (Fsp3) is 0.545. The first kappa shape index (κ1) is 10.4. The highest BCUT2D eigenvalue weighted by Crippen LogP contribution is 2.34. The molecule has 0 aliphatic heterocycles. The first-order valence-electron chi connectivity index (χ1n) is 5.24. The summed E-state index contributed by atoms with van der Waals surface area (Å²) in [6.45, 7) is 0. The van der Waals surface area contributed by atoms with Crippen molar-refractivity contribution in [1.82, 2.24) is 4.98 Å². The Bertz CT molecular complexity index is 339. The maximum Gasteiger partial charge on any atom is 0.126 e. The number of hydrogen-bond acceptors (Lipinski definition) is 4. The van der Waals surface area contributed by atoms with E-state index < -0.39 is 12.2 Å². The minimum absolute atomic E-state index is 0.276. The molecule has 0 bridgehead atoms. The average Bonchev–Trinajstić information content (AvgIpc) is 3.04. The zero-order chi connectivity index (χ0) is 10.8. The normalized spacial score (nSPS) is 19.9. The van der Waals surface area contributed by atoms with E-state index in [1.54, 1.807) is 12.3 Å². The molecule has 0 aromatic carbocycles. The molecule has 1 fully saturated rings. The number of aromatic nitrogens is 1. The van der Waals surface area contributed by atoms with Crippen molar-refractivity contribution in [1.29, 1.82) is 0 Å². The highest BCUT2D eigenvalue weighted by Gasteiger charge is 2.34. The Balaban J connectivity index is 1.98. The number of nitrogen functional groups attached to an aromatic ring is 1. The first-order chi connectivity index (χ1) is 7.18. The van der Waals surface area contributed by atoms with E-state index in [2.05, 4.69) is 4.98 Å². The predicted molar refractivity (Wildman–Crippen MR) is 57.1 cm³/mol. The third kappa shape index (κ3) is 2.46. The van der Waals surface area contributed by atoms with E-state index in [-0.39, 0.29) is 5.92 Å². The summed E-state index contributed by atoms with van der Waals surface area (Å²) >= 11 is 0. The second kappa shape index (κ2) is 4.16. The van der Waals surface area contributed by atoms with E-state index >= 15 is 0 Å². The predicted octanol–water partition coefficient (Wildman–Crippen LogP) is 0.338. The Morgan fingerprint density at radius 2 is 2.20 bits per heavy atom. The minimum Gasteiger partial charge on any atom is -0.390 e. The number of rotatable bonds is 4. The molecule has 0 radical (unpaired) electrons. The third-order valence-corrected chi connectivity index (χ3v) is 2.85. The standard InChI is InChI=1S/C11H16N2O2/c12-11-8(2-1-5-13-11)6-9(14)10(15)7-3-4-7/h1-2,5,7,9-10,14-15H,3-4,6H2,(H2,12,13). The van der Waals surface area contributed by atoms with Crippen molar-refractivity contribution in [3.63, 3.8) is 0 Å². The monoisotopic (exact) mass is 208 g/mol. The van der Waals surface area contributed by atoms with Crippen LogP contribution in [0.25, 0.3) is 0 Å². The summed E-state index contributed by atoms with van der Waals surface area (Å²) in [7, 11) is 0. The van der Waals surface area contributed by atoms with Crippen LogP contribution in [-0.4, -0.2) is 27.4 Å². The van der Waals surface area contributed by atoms with Crippen molar-refractivity contribution in [2.24, 2.45) is 5.92 Å². The van der Waals surface area contributed by atoms with Gasteiger partial charge in [0.2, 0.25) is 0 Å². The summed E-state index contributed by atoms with van der Waals surface area (Å²) < 4.78 is 0. The summed E-state index contributed by atoms with van der Waals surface area (Å²) in [6.07, 6.45) is 2.66. The van der Waals surface area contributed by atoms with Gasteiger partial charge in [-0.05, 0) is 30.4 Å². The van der Waals surface area contributed by atoms with Gasteiger partial charge >= 0.3 is 0 Å². The number of anilines is 1. The van der Waals surface area contributed by atoms with Gasteiger partial charge in [0.25, 0.3) is 0 Å². The average molecular weight is 208 g/mol. The molecule has 4 N–H and O–H groups in total. The maximum atomic E-state index is 9.77. The van der Waals surface area contributed by atoms with Crippen molar-refractivity contribution in [3.05, 3.63) is 23.9 Å². The lowest BCUT2D eigenvalue weighted by Gasteiger charge is -2.17. The molecule has 0 spiro atoms. The Morgan fingerprint density at radius 3 is 2.80 bits per heavy atom. The highest BCUT2D eigenvalue weighted by atomic mass is 16.3. The molecule has 2 rings (SSSR count). The van der Waals surface area contributed by atoms with E-state index in [1.807, 2.05) is 6.07 Å². The van der Waals surface area contributed by atoms with Crippen LogP contribution in [0.3, 0.4) is 0 Å². The summed E-state index contributed by atoms with van der Waals surface area (Å²) in [5, 5.41) is 19.5. The van der Waals surface area contributed by atoms with Crippen LogP contribution in [0.15, 0.2) is 18.3 Å². The summed E-state index contributed by atoms with van der Waals surface area (Å²) in [4.78, 5) is 3.94.